The fraction of sp³-hybridized carbons (Fsp3) is 0.222. The van der Waals surface area contributed by atoms with E-state index in [1.165, 1.54) is 12.3 Å². The zero-order valence-electron chi connectivity index (χ0n) is 8.06. The Morgan fingerprint density at radius 1 is 1.60 bits per heavy atom. The van der Waals surface area contributed by atoms with Crippen LogP contribution in [0.15, 0.2) is 18.3 Å². The maximum atomic E-state index is 10.9. The molecular formula is C9H10N2O3S. The molecule has 0 aliphatic rings. The summed E-state index contributed by atoms with van der Waals surface area (Å²) >= 11 is 0. The van der Waals surface area contributed by atoms with Crippen LogP contribution in [0.3, 0.4) is 0 Å². The normalized spacial score (nSPS) is 10.3. The molecule has 0 bridgehead atoms. The number of aliphatic hydroxyl groups excluding tert-OH is 1. The Morgan fingerprint density at radius 2 is 2.33 bits per heavy atom. The van der Waals surface area contributed by atoms with E-state index in [1.807, 2.05) is 0 Å². The Labute approximate surface area is 88.2 Å². The monoisotopic (exact) mass is 226 g/mol. The standard InChI is InChI=1S/C9H10N2O3S/c1-15(13,14)11-9-7-8(3-2-6-12)4-5-10-9/h4-5,7,12H,6H2,1H3,(H,10,11). The molecule has 0 atom stereocenters. The van der Waals surface area contributed by atoms with E-state index in [4.69, 9.17) is 5.11 Å². The lowest BCUT2D eigenvalue weighted by molar-refractivity contribution is 0.350. The van der Waals surface area contributed by atoms with Crippen LogP contribution in [0.4, 0.5) is 5.82 Å². The first-order chi connectivity index (χ1) is 7.01. The summed E-state index contributed by atoms with van der Waals surface area (Å²) in [5, 5.41) is 8.48. The maximum absolute atomic E-state index is 10.9. The highest BCUT2D eigenvalue weighted by Crippen LogP contribution is 2.06. The van der Waals surface area contributed by atoms with Crippen LogP contribution < -0.4 is 4.72 Å². The number of anilines is 1. The van der Waals surface area contributed by atoms with Crippen molar-refractivity contribution in [2.75, 3.05) is 17.6 Å². The molecule has 0 spiro atoms. The first-order valence-corrected chi connectivity index (χ1v) is 5.94. The van der Waals surface area contributed by atoms with Gasteiger partial charge in [-0.15, -0.1) is 0 Å². The lowest BCUT2D eigenvalue weighted by atomic mass is 10.2. The fourth-order valence-electron chi connectivity index (χ4n) is 0.896. The van der Waals surface area contributed by atoms with Crippen molar-refractivity contribution in [3.8, 4) is 11.8 Å². The molecule has 0 amide bonds. The lowest BCUT2D eigenvalue weighted by Gasteiger charge is -2.01. The van der Waals surface area contributed by atoms with Gasteiger partial charge in [0.15, 0.2) is 0 Å². The predicted molar refractivity (Wildman–Crippen MR) is 56.7 cm³/mol. The smallest absolute Gasteiger partial charge is 0.230 e. The average molecular weight is 226 g/mol. The Balaban J connectivity index is 2.93. The van der Waals surface area contributed by atoms with Gasteiger partial charge in [-0.05, 0) is 12.1 Å². The van der Waals surface area contributed by atoms with Crippen molar-refractivity contribution in [1.29, 1.82) is 0 Å². The van der Waals surface area contributed by atoms with E-state index >= 15 is 0 Å². The van der Waals surface area contributed by atoms with Gasteiger partial charge in [-0.25, -0.2) is 13.4 Å². The number of hydrogen-bond acceptors (Lipinski definition) is 4. The topological polar surface area (TPSA) is 79.3 Å². The highest BCUT2D eigenvalue weighted by Gasteiger charge is 2.02. The SMILES string of the molecule is CS(=O)(=O)Nc1cc(C#CCO)ccn1. The second-order valence-corrected chi connectivity index (χ2v) is 4.51. The third-order valence-electron chi connectivity index (χ3n) is 1.36. The highest BCUT2D eigenvalue weighted by atomic mass is 32.2. The van der Waals surface area contributed by atoms with Crippen molar-refractivity contribution in [3.63, 3.8) is 0 Å². The minimum atomic E-state index is -3.32. The van der Waals surface area contributed by atoms with Gasteiger partial charge in [-0.1, -0.05) is 11.8 Å². The molecule has 0 saturated heterocycles. The third kappa shape index (κ3) is 4.44. The molecule has 0 fully saturated rings. The first kappa shape index (κ1) is 11.5. The summed E-state index contributed by atoms with van der Waals surface area (Å²) in [5.41, 5.74) is 0.588. The van der Waals surface area contributed by atoms with E-state index in [-0.39, 0.29) is 12.4 Å². The molecule has 0 aromatic carbocycles. The number of pyridine rings is 1. The molecule has 0 aliphatic carbocycles. The molecule has 2 N–H and O–H groups in total. The van der Waals surface area contributed by atoms with Crippen molar-refractivity contribution < 1.29 is 13.5 Å². The molecule has 1 aromatic rings. The second-order valence-electron chi connectivity index (χ2n) is 2.76. The van der Waals surface area contributed by atoms with Crippen molar-refractivity contribution in [3.05, 3.63) is 23.9 Å². The summed E-state index contributed by atoms with van der Waals surface area (Å²) in [4.78, 5) is 3.81. The van der Waals surface area contributed by atoms with Gasteiger partial charge in [-0.3, -0.25) is 4.72 Å². The van der Waals surface area contributed by atoms with E-state index in [0.717, 1.165) is 6.26 Å². The molecule has 80 valence electrons. The fourth-order valence-corrected chi connectivity index (χ4v) is 1.39. The minimum Gasteiger partial charge on any atom is -0.384 e. The summed E-state index contributed by atoms with van der Waals surface area (Å²) in [6, 6.07) is 3.11. The first-order valence-electron chi connectivity index (χ1n) is 4.05. The van der Waals surface area contributed by atoms with Crippen LogP contribution in [0.2, 0.25) is 0 Å². The second kappa shape index (κ2) is 4.77. The molecular weight excluding hydrogens is 216 g/mol. The van der Waals surface area contributed by atoms with Crippen LogP contribution in [-0.2, 0) is 10.0 Å². The Hall–Kier alpha value is -1.58. The highest BCUT2D eigenvalue weighted by molar-refractivity contribution is 7.92. The summed E-state index contributed by atoms with van der Waals surface area (Å²) in [6.45, 7) is -0.239. The number of hydrogen-bond donors (Lipinski definition) is 2. The summed E-state index contributed by atoms with van der Waals surface area (Å²) < 4.78 is 24.0. The van der Waals surface area contributed by atoms with Crippen LogP contribution >= 0.6 is 0 Å². The van der Waals surface area contributed by atoms with E-state index in [1.54, 1.807) is 6.07 Å². The van der Waals surface area contributed by atoms with Crippen LogP contribution in [0.25, 0.3) is 0 Å². The number of rotatable bonds is 2. The van der Waals surface area contributed by atoms with Crippen LogP contribution in [0.1, 0.15) is 5.56 Å². The molecule has 1 aromatic heterocycles. The van der Waals surface area contributed by atoms with Gasteiger partial charge >= 0.3 is 0 Å². The van der Waals surface area contributed by atoms with Crippen molar-refractivity contribution in [2.45, 2.75) is 0 Å². The number of aromatic nitrogens is 1. The van der Waals surface area contributed by atoms with Crippen molar-refractivity contribution >= 4 is 15.8 Å². The molecule has 5 nitrogen and oxygen atoms in total. The minimum absolute atomic E-state index is 0.210. The molecule has 15 heavy (non-hydrogen) atoms. The maximum Gasteiger partial charge on any atom is 0.230 e. The Kier molecular flexibility index (Phi) is 3.66. The van der Waals surface area contributed by atoms with Gasteiger partial charge in [0.25, 0.3) is 0 Å². The largest absolute Gasteiger partial charge is 0.384 e. The van der Waals surface area contributed by atoms with Gasteiger partial charge in [0.2, 0.25) is 10.0 Å². The summed E-state index contributed by atoms with van der Waals surface area (Å²) in [7, 11) is -3.32. The summed E-state index contributed by atoms with van der Waals surface area (Å²) in [6.07, 6.45) is 2.48. The van der Waals surface area contributed by atoms with Crippen molar-refractivity contribution in [2.24, 2.45) is 0 Å². The number of nitrogens with zero attached hydrogens (tertiary/aromatic N) is 1. The molecule has 0 unspecified atom stereocenters. The van der Waals surface area contributed by atoms with Gasteiger partial charge in [-0.2, -0.15) is 0 Å². The number of nitrogens with one attached hydrogen (secondary N) is 1. The van der Waals surface area contributed by atoms with Crippen LogP contribution in [0, 0.1) is 11.8 Å². The van der Waals surface area contributed by atoms with Gasteiger partial charge in [0.05, 0.1) is 6.26 Å². The molecule has 6 heteroatoms. The van der Waals surface area contributed by atoms with E-state index in [9.17, 15) is 8.42 Å². The molecule has 0 radical (unpaired) electrons. The third-order valence-corrected chi connectivity index (χ3v) is 1.94. The molecule has 0 aliphatic heterocycles. The number of aliphatic hydroxyl groups is 1. The zero-order chi connectivity index (χ0) is 11.3. The average Bonchev–Trinajstić information content (AvgIpc) is 2.12. The quantitative estimate of drug-likeness (QED) is 0.684. The Morgan fingerprint density at radius 3 is 2.93 bits per heavy atom. The Bertz CT molecular complexity index is 500. The van der Waals surface area contributed by atoms with E-state index < -0.39 is 10.0 Å². The van der Waals surface area contributed by atoms with Crippen molar-refractivity contribution in [1.82, 2.24) is 4.98 Å². The summed E-state index contributed by atoms with van der Waals surface area (Å²) in [5.74, 6) is 5.31. The van der Waals surface area contributed by atoms with E-state index in [0.29, 0.717) is 5.56 Å². The van der Waals surface area contributed by atoms with Gasteiger partial charge in [0, 0.05) is 11.8 Å². The predicted octanol–water partition coefficient (Wildman–Crippen LogP) is -0.203. The molecule has 1 heterocycles. The van der Waals surface area contributed by atoms with Crippen LogP contribution in [-0.4, -0.2) is 31.4 Å². The van der Waals surface area contributed by atoms with Crippen LogP contribution in [0.5, 0.6) is 0 Å². The molecule has 0 saturated carbocycles. The van der Waals surface area contributed by atoms with Gasteiger partial charge in [0.1, 0.15) is 12.4 Å². The van der Waals surface area contributed by atoms with Gasteiger partial charge < -0.3 is 5.11 Å². The number of sulfonamides is 1. The molecule has 1 rings (SSSR count). The lowest BCUT2D eigenvalue weighted by Crippen LogP contribution is -2.10. The zero-order valence-corrected chi connectivity index (χ0v) is 8.87. The van der Waals surface area contributed by atoms with E-state index in [2.05, 4.69) is 21.5 Å².